The molecular formula is C23H28FN3O2. The highest BCUT2D eigenvalue weighted by Crippen LogP contribution is 2.28. The topological polar surface area (TPSA) is 52.7 Å². The molecule has 2 aromatic carbocycles. The van der Waals surface area contributed by atoms with E-state index in [1.54, 1.807) is 23.1 Å². The Hall–Kier alpha value is -2.89. The van der Waals surface area contributed by atoms with Crippen molar-refractivity contribution in [3.8, 4) is 0 Å². The molecule has 1 aliphatic heterocycles. The van der Waals surface area contributed by atoms with Crippen LogP contribution >= 0.6 is 0 Å². The van der Waals surface area contributed by atoms with E-state index in [-0.39, 0.29) is 11.5 Å². The maximum absolute atomic E-state index is 13.4. The molecule has 3 rings (SSSR count). The molecule has 1 fully saturated rings. The molecule has 0 atom stereocenters. The summed E-state index contributed by atoms with van der Waals surface area (Å²) in [5, 5.41) is 2.79. The molecule has 1 heterocycles. The molecule has 6 heteroatoms. The number of rotatable bonds is 6. The van der Waals surface area contributed by atoms with Gasteiger partial charge < -0.3 is 15.1 Å². The van der Waals surface area contributed by atoms with Crippen LogP contribution in [0.25, 0.3) is 0 Å². The van der Waals surface area contributed by atoms with Crippen molar-refractivity contribution < 1.29 is 14.0 Å². The van der Waals surface area contributed by atoms with Gasteiger partial charge in [-0.3, -0.25) is 9.59 Å². The molecule has 5 nitrogen and oxygen atoms in total. The van der Waals surface area contributed by atoms with E-state index in [1.807, 2.05) is 19.9 Å². The zero-order chi connectivity index (χ0) is 20.8. The highest BCUT2D eigenvalue weighted by atomic mass is 19.1. The third kappa shape index (κ3) is 4.94. The second-order valence-corrected chi connectivity index (χ2v) is 7.22. The molecule has 0 bridgehead atoms. The van der Waals surface area contributed by atoms with Gasteiger partial charge in [-0.05, 0) is 69.5 Å². The first-order chi connectivity index (χ1) is 14.0. The van der Waals surface area contributed by atoms with Crippen molar-refractivity contribution in [3.63, 3.8) is 0 Å². The minimum atomic E-state index is -0.463. The minimum absolute atomic E-state index is 0.0440. The SMILES string of the molecule is CCN(CC)C(=O)c1cc(NC(=O)c2cccc(F)c2)ccc1N1CCCCC1. The maximum atomic E-state index is 13.4. The summed E-state index contributed by atoms with van der Waals surface area (Å²) in [5.41, 5.74) is 2.26. The average Bonchev–Trinajstić information content (AvgIpc) is 2.75. The summed E-state index contributed by atoms with van der Waals surface area (Å²) in [5.74, 6) is -0.913. The quantitative estimate of drug-likeness (QED) is 0.778. The number of carbonyl (C=O) groups is 2. The summed E-state index contributed by atoms with van der Waals surface area (Å²) in [7, 11) is 0. The Bertz CT molecular complexity index is 874. The molecule has 29 heavy (non-hydrogen) atoms. The van der Waals surface area contributed by atoms with Crippen LogP contribution < -0.4 is 10.2 Å². The van der Waals surface area contributed by atoms with E-state index in [2.05, 4.69) is 10.2 Å². The summed E-state index contributed by atoms with van der Waals surface area (Å²) in [6, 6.07) is 11.0. The standard InChI is InChI=1S/C23H28FN3O2/c1-3-26(4-2)23(29)20-16-19(11-12-21(20)27-13-6-5-7-14-27)25-22(28)17-9-8-10-18(24)15-17/h8-12,15-16H,3-7,13-14H2,1-2H3,(H,25,28). The zero-order valence-electron chi connectivity index (χ0n) is 17.1. The molecule has 0 aliphatic carbocycles. The molecule has 0 aromatic heterocycles. The lowest BCUT2D eigenvalue weighted by Gasteiger charge is -2.31. The summed E-state index contributed by atoms with van der Waals surface area (Å²) in [6.07, 6.45) is 3.42. The number of nitrogens with one attached hydrogen (secondary N) is 1. The van der Waals surface area contributed by atoms with E-state index < -0.39 is 11.7 Å². The van der Waals surface area contributed by atoms with Crippen LogP contribution in [0.15, 0.2) is 42.5 Å². The largest absolute Gasteiger partial charge is 0.371 e. The van der Waals surface area contributed by atoms with Crippen molar-refractivity contribution in [3.05, 3.63) is 59.4 Å². The Morgan fingerprint density at radius 3 is 2.41 bits per heavy atom. The molecule has 0 spiro atoms. The number of hydrogen-bond donors (Lipinski definition) is 1. The van der Waals surface area contributed by atoms with Gasteiger partial charge in [0.15, 0.2) is 0 Å². The average molecular weight is 397 g/mol. The Morgan fingerprint density at radius 1 is 1.03 bits per heavy atom. The number of carbonyl (C=O) groups excluding carboxylic acids is 2. The first-order valence-electron chi connectivity index (χ1n) is 10.3. The van der Waals surface area contributed by atoms with Crippen LogP contribution in [-0.4, -0.2) is 42.9 Å². The molecule has 2 amide bonds. The lowest BCUT2D eigenvalue weighted by atomic mass is 10.0. The third-order valence-corrected chi connectivity index (χ3v) is 5.32. The van der Waals surface area contributed by atoms with E-state index in [9.17, 15) is 14.0 Å². The predicted octanol–water partition coefficient (Wildman–Crippen LogP) is 4.55. The maximum Gasteiger partial charge on any atom is 0.256 e. The number of benzene rings is 2. The number of piperidine rings is 1. The highest BCUT2D eigenvalue weighted by Gasteiger charge is 2.22. The molecule has 0 saturated carbocycles. The van der Waals surface area contributed by atoms with Gasteiger partial charge in [-0.15, -0.1) is 0 Å². The van der Waals surface area contributed by atoms with Crippen LogP contribution in [0.5, 0.6) is 0 Å². The van der Waals surface area contributed by atoms with Gasteiger partial charge >= 0.3 is 0 Å². The van der Waals surface area contributed by atoms with Crippen molar-refractivity contribution in [2.75, 3.05) is 36.4 Å². The monoisotopic (exact) mass is 397 g/mol. The number of anilines is 2. The van der Waals surface area contributed by atoms with Gasteiger partial charge in [-0.25, -0.2) is 4.39 Å². The highest BCUT2D eigenvalue weighted by molar-refractivity contribution is 6.06. The predicted molar refractivity (Wildman–Crippen MR) is 114 cm³/mol. The van der Waals surface area contributed by atoms with Crippen LogP contribution in [0.4, 0.5) is 15.8 Å². The number of hydrogen-bond acceptors (Lipinski definition) is 3. The smallest absolute Gasteiger partial charge is 0.256 e. The molecule has 1 N–H and O–H groups in total. The van der Waals surface area contributed by atoms with Gasteiger partial charge in [0, 0.05) is 43.1 Å². The minimum Gasteiger partial charge on any atom is -0.371 e. The summed E-state index contributed by atoms with van der Waals surface area (Å²) in [6.45, 7) is 7.00. The van der Waals surface area contributed by atoms with Crippen LogP contribution in [0, 0.1) is 5.82 Å². The Kier molecular flexibility index (Phi) is 6.86. The molecular weight excluding hydrogens is 369 g/mol. The van der Waals surface area contributed by atoms with Crippen molar-refractivity contribution in [1.82, 2.24) is 4.90 Å². The van der Waals surface area contributed by atoms with Crippen LogP contribution in [0.2, 0.25) is 0 Å². The fourth-order valence-electron chi connectivity index (χ4n) is 3.71. The van der Waals surface area contributed by atoms with Gasteiger partial charge in [0.2, 0.25) is 0 Å². The van der Waals surface area contributed by atoms with E-state index in [1.165, 1.54) is 24.6 Å². The molecule has 0 unspecified atom stereocenters. The van der Waals surface area contributed by atoms with E-state index in [0.29, 0.717) is 24.3 Å². The number of nitrogens with zero attached hydrogens (tertiary/aromatic N) is 2. The van der Waals surface area contributed by atoms with Crippen molar-refractivity contribution in [2.24, 2.45) is 0 Å². The first-order valence-corrected chi connectivity index (χ1v) is 10.3. The third-order valence-electron chi connectivity index (χ3n) is 5.32. The fraction of sp³-hybridized carbons (Fsp3) is 0.391. The Labute approximate surface area is 171 Å². The lowest BCUT2D eigenvalue weighted by molar-refractivity contribution is 0.0773. The van der Waals surface area contributed by atoms with Gasteiger partial charge in [0.05, 0.1) is 5.56 Å². The summed E-state index contributed by atoms with van der Waals surface area (Å²) < 4.78 is 13.4. The second kappa shape index (κ2) is 9.54. The van der Waals surface area contributed by atoms with Gasteiger partial charge in [-0.1, -0.05) is 6.07 Å². The van der Waals surface area contributed by atoms with E-state index in [4.69, 9.17) is 0 Å². The van der Waals surface area contributed by atoms with Crippen LogP contribution in [0.1, 0.15) is 53.8 Å². The van der Waals surface area contributed by atoms with Crippen LogP contribution in [0.3, 0.4) is 0 Å². The Morgan fingerprint density at radius 2 is 1.76 bits per heavy atom. The van der Waals surface area contributed by atoms with E-state index >= 15 is 0 Å². The van der Waals surface area contributed by atoms with Crippen LogP contribution in [-0.2, 0) is 0 Å². The fourth-order valence-corrected chi connectivity index (χ4v) is 3.71. The molecule has 154 valence electrons. The van der Waals surface area contributed by atoms with Gasteiger partial charge in [0.1, 0.15) is 5.82 Å². The summed E-state index contributed by atoms with van der Waals surface area (Å²) >= 11 is 0. The zero-order valence-corrected chi connectivity index (χ0v) is 17.1. The molecule has 1 aliphatic rings. The Balaban J connectivity index is 1.91. The first kappa shape index (κ1) is 20.8. The van der Waals surface area contributed by atoms with Gasteiger partial charge in [0.25, 0.3) is 11.8 Å². The normalized spacial score (nSPS) is 13.8. The molecule has 0 radical (unpaired) electrons. The molecule has 1 saturated heterocycles. The number of halogens is 1. The molecule has 2 aromatic rings. The van der Waals surface area contributed by atoms with Crippen molar-refractivity contribution in [2.45, 2.75) is 33.1 Å². The van der Waals surface area contributed by atoms with Crippen molar-refractivity contribution in [1.29, 1.82) is 0 Å². The number of amides is 2. The van der Waals surface area contributed by atoms with Crippen molar-refractivity contribution >= 4 is 23.2 Å². The second-order valence-electron chi connectivity index (χ2n) is 7.22. The summed E-state index contributed by atoms with van der Waals surface area (Å²) in [4.78, 5) is 29.7. The van der Waals surface area contributed by atoms with E-state index in [0.717, 1.165) is 31.6 Å². The lowest BCUT2D eigenvalue weighted by Crippen LogP contribution is -2.35. The van der Waals surface area contributed by atoms with Gasteiger partial charge in [-0.2, -0.15) is 0 Å².